The van der Waals surface area contributed by atoms with Crippen LogP contribution < -0.4 is 0 Å². The molecule has 4 heterocycles. The van der Waals surface area contributed by atoms with Gasteiger partial charge in [-0.25, -0.2) is 0 Å². The third kappa shape index (κ3) is 5.90. The molecule has 0 spiro atoms. The van der Waals surface area contributed by atoms with Crippen molar-refractivity contribution in [3.05, 3.63) is 167 Å². The lowest BCUT2D eigenvalue weighted by Crippen LogP contribution is -2.15. The first-order chi connectivity index (χ1) is 32.5. The Bertz CT molecular complexity index is 3900. The molecule has 0 atom stereocenters. The van der Waals surface area contributed by atoms with Crippen LogP contribution in [0.5, 0.6) is 0 Å². The van der Waals surface area contributed by atoms with Crippen LogP contribution in [0.4, 0.5) is 0 Å². The molecule has 12 aromatic rings. The lowest BCUT2D eigenvalue weighted by atomic mass is 9.80. The van der Waals surface area contributed by atoms with Gasteiger partial charge in [0.15, 0.2) is 0 Å². The standard InChI is InChI=1S/C67H64N2/c1-63(2,3)41-19-25-59-49(31-41)53-35-43(65(7,8)9)33-51-47-27-37(17-23-57(47)68(59)61(51)53)39-15-21-45-46-22-16-40(30-56(46)67(13,14)55(45)29-39)38-18-24-58-48(28-38)52-34-44(66(10,11)12)36-54-50-32-42(64(4,5)6)20-26-60(50)69(58)62(52)54/h15-36H,1-14H3. The Morgan fingerprint density at radius 3 is 0.899 bits per heavy atom. The first kappa shape index (κ1) is 42.5. The molecule has 342 valence electrons. The number of rotatable bonds is 2. The first-order valence-corrected chi connectivity index (χ1v) is 25.3. The molecule has 4 aromatic heterocycles. The average Bonchev–Trinajstić information content (AvgIpc) is 4.06. The summed E-state index contributed by atoms with van der Waals surface area (Å²) in [6.07, 6.45) is 0. The van der Waals surface area contributed by atoms with E-state index in [0.717, 1.165) is 0 Å². The van der Waals surface area contributed by atoms with E-state index in [-0.39, 0.29) is 27.1 Å². The SMILES string of the molecule is CC(C)(C)c1ccc2c(c1)c1cc(C(C)(C)C)cc3c4cc(-c5ccc6c(c5)C(C)(C)c5cc(-c7ccc8c(c7)c7cc(C(C)(C)C)cc9c%10cc(C(C)(C)C)ccc%10n8c79)ccc5-6)ccc4n2c31. The van der Waals surface area contributed by atoms with E-state index in [4.69, 9.17) is 0 Å². The second-order valence-electron chi connectivity index (χ2n) is 25.6. The zero-order chi connectivity index (χ0) is 48.2. The van der Waals surface area contributed by atoms with Gasteiger partial charge < -0.3 is 8.80 Å². The minimum atomic E-state index is -0.170. The van der Waals surface area contributed by atoms with E-state index in [1.165, 1.54) is 143 Å². The van der Waals surface area contributed by atoms with Gasteiger partial charge in [-0.05, 0) is 173 Å². The van der Waals surface area contributed by atoms with Crippen molar-refractivity contribution in [2.24, 2.45) is 0 Å². The van der Waals surface area contributed by atoms with Crippen LogP contribution in [0.25, 0.3) is 110 Å². The third-order valence-corrected chi connectivity index (χ3v) is 16.6. The normalized spacial score (nSPS) is 14.6. The largest absolute Gasteiger partial charge is 0.308 e. The van der Waals surface area contributed by atoms with Crippen LogP contribution in [-0.4, -0.2) is 8.80 Å². The summed E-state index contributed by atoms with van der Waals surface area (Å²) in [5.41, 5.74) is 23.9. The zero-order valence-corrected chi connectivity index (χ0v) is 43.1. The number of hydrogen-bond donors (Lipinski definition) is 0. The average molecular weight is 897 g/mol. The van der Waals surface area contributed by atoms with E-state index < -0.39 is 0 Å². The fourth-order valence-electron chi connectivity index (χ4n) is 12.4. The maximum Gasteiger partial charge on any atom is 0.0620 e. The highest BCUT2D eigenvalue weighted by Gasteiger charge is 2.36. The Hall–Kier alpha value is -6.64. The Balaban J connectivity index is 0.914. The van der Waals surface area contributed by atoms with Crippen molar-refractivity contribution in [2.75, 3.05) is 0 Å². The van der Waals surface area contributed by atoms with Crippen molar-refractivity contribution < 1.29 is 0 Å². The van der Waals surface area contributed by atoms with Gasteiger partial charge in [-0.2, -0.15) is 0 Å². The number of hydrogen-bond acceptors (Lipinski definition) is 0. The summed E-state index contributed by atoms with van der Waals surface area (Å²) in [7, 11) is 0. The lowest BCUT2D eigenvalue weighted by molar-refractivity contribution is 0.590. The topological polar surface area (TPSA) is 8.82 Å². The molecule has 0 saturated carbocycles. The quantitative estimate of drug-likeness (QED) is 0.163. The molecule has 0 amide bonds. The molecule has 0 fully saturated rings. The number of nitrogens with zero attached hydrogens (tertiary/aromatic N) is 2. The molecule has 2 nitrogen and oxygen atoms in total. The molecule has 69 heavy (non-hydrogen) atoms. The molecule has 13 rings (SSSR count). The van der Waals surface area contributed by atoms with Crippen molar-refractivity contribution >= 4 is 76.2 Å². The first-order valence-electron chi connectivity index (χ1n) is 25.3. The third-order valence-electron chi connectivity index (χ3n) is 16.6. The van der Waals surface area contributed by atoms with E-state index in [9.17, 15) is 0 Å². The van der Waals surface area contributed by atoms with E-state index >= 15 is 0 Å². The fraction of sp³-hybridized carbons (Fsp3) is 0.284. The van der Waals surface area contributed by atoms with Crippen LogP contribution in [0.2, 0.25) is 0 Å². The fourth-order valence-corrected chi connectivity index (χ4v) is 12.4. The summed E-state index contributed by atoms with van der Waals surface area (Å²) in [4.78, 5) is 0. The highest BCUT2D eigenvalue weighted by atomic mass is 14.9. The molecule has 0 radical (unpaired) electrons. The van der Waals surface area contributed by atoms with Gasteiger partial charge in [0.25, 0.3) is 0 Å². The van der Waals surface area contributed by atoms with Crippen LogP contribution in [0, 0.1) is 0 Å². The second kappa shape index (κ2) is 13.4. The summed E-state index contributed by atoms with van der Waals surface area (Å²) >= 11 is 0. The summed E-state index contributed by atoms with van der Waals surface area (Å²) in [6, 6.07) is 53.1. The van der Waals surface area contributed by atoms with Crippen molar-refractivity contribution in [3.63, 3.8) is 0 Å². The van der Waals surface area contributed by atoms with Gasteiger partial charge in [0.1, 0.15) is 0 Å². The van der Waals surface area contributed by atoms with Gasteiger partial charge in [-0.15, -0.1) is 0 Å². The second-order valence-corrected chi connectivity index (χ2v) is 25.6. The van der Waals surface area contributed by atoms with E-state index in [2.05, 4.69) is 239 Å². The molecule has 1 aliphatic rings. The Morgan fingerprint density at radius 2 is 0.565 bits per heavy atom. The van der Waals surface area contributed by atoms with Crippen LogP contribution >= 0.6 is 0 Å². The van der Waals surface area contributed by atoms with Gasteiger partial charge in [0, 0.05) is 48.5 Å². The zero-order valence-electron chi connectivity index (χ0n) is 43.1. The summed E-state index contributed by atoms with van der Waals surface area (Å²) in [5, 5.41) is 10.8. The Kier molecular flexibility index (Phi) is 8.22. The minimum absolute atomic E-state index is 0.0197. The predicted molar refractivity (Wildman–Crippen MR) is 299 cm³/mol. The molecule has 1 aliphatic carbocycles. The minimum Gasteiger partial charge on any atom is -0.308 e. The van der Waals surface area contributed by atoms with E-state index in [1.807, 2.05) is 0 Å². The Morgan fingerprint density at radius 1 is 0.290 bits per heavy atom. The van der Waals surface area contributed by atoms with Gasteiger partial charge in [-0.1, -0.05) is 145 Å². The molecule has 0 bridgehead atoms. The van der Waals surface area contributed by atoms with Crippen molar-refractivity contribution in [1.82, 2.24) is 8.80 Å². The summed E-state index contributed by atoms with van der Waals surface area (Å²) in [6.45, 7) is 32.8. The molecule has 0 N–H and O–H groups in total. The highest BCUT2D eigenvalue weighted by molar-refractivity contribution is 6.25. The molecule has 0 aliphatic heterocycles. The van der Waals surface area contributed by atoms with Gasteiger partial charge in [0.05, 0.1) is 33.1 Å². The maximum atomic E-state index is 2.53. The van der Waals surface area contributed by atoms with Gasteiger partial charge in [-0.3, -0.25) is 0 Å². The molecule has 2 heteroatoms. The van der Waals surface area contributed by atoms with Crippen molar-refractivity contribution in [1.29, 1.82) is 0 Å². The molecular weight excluding hydrogens is 833 g/mol. The monoisotopic (exact) mass is 897 g/mol. The van der Waals surface area contributed by atoms with Crippen LogP contribution in [0.15, 0.2) is 133 Å². The maximum absolute atomic E-state index is 2.53. The summed E-state index contributed by atoms with van der Waals surface area (Å²) in [5.74, 6) is 0. The molecular formula is C67H64N2. The summed E-state index contributed by atoms with van der Waals surface area (Å²) < 4.78 is 5.06. The van der Waals surface area contributed by atoms with Crippen molar-refractivity contribution in [3.8, 4) is 33.4 Å². The Labute approximate surface area is 407 Å². The van der Waals surface area contributed by atoms with Gasteiger partial charge >= 0.3 is 0 Å². The van der Waals surface area contributed by atoms with Gasteiger partial charge in [0.2, 0.25) is 0 Å². The highest BCUT2D eigenvalue weighted by Crippen LogP contribution is 2.52. The lowest BCUT2D eigenvalue weighted by Gasteiger charge is -2.23. The van der Waals surface area contributed by atoms with Crippen LogP contribution in [-0.2, 0) is 27.1 Å². The predicted octanol–water partition coefficient (Wildman–Crippen LogP) is 18.8. The van der Waals surface area contributed by atoms with Crippen LogP contribution in [0.1, 0.15) is 130 Å². The molecule has 8 aromatic carbocycles. The molecule has 0 saturated heterocycles. The molecule has 0 unspecified atom stereocenters. The van der Waals surface area contributed by atoms with Crippen LogP contribution in [0.3, 0.4) is 0 Å². The number of fused-ring (bicyclic) bond motifs is 15. The smallest absolute Gasteiger partial charge is 0.0620 e. The van der Waals surface area contributed by atoms with Crippen molar-refractivity contribution in [2.45, 2.75) is 124 Å². The number of benzene rings is 8. The number of aromatic nitrogens is 2. The van der Waals surface area contributed by atoms with E-state index in [0.29, 0.717) is 0 Å². The van der Waals surface area contributed by atoms with E-state index in [1.54, 1.807) is 0 Å².